The third-order valence-electron chi connectivity index (χ3n) is 2.21. The Balaban J connectivity index is 2.23. The van der Waals surface area contributed by atoms with Crippen molar-refractivity contribution in [1.82, 2.24) is 19.9 Å². The van der Waals surface area contributed by atoms with Gasteiger partial charge >= 0.3 is 6.01 Å². The van der Waals surface area contributed by atoms with Gasteiger partial charge < -0.3 is 14.1 Å². The summed E-state index contributed by atoms with van der Waals surface area (Å²) in [5.41, 5.74) is 1.86. The van der Waals surface area contributed by atoms with Crippen LogP contribution in [0.25, 0.3) is 22.6 Å². The van der Waals surface area contributed by atoms with Crippen LogP contribution in [0.2, 0.25) is 0 Å². The number of thiol groups is 1. The van der Waals surface area contributed by atoms with Crippen molar-refractivity contribution in [2.75, 3.05) is 5.94 Å². The van der Waals surface area contributed by atoms with Gasteiger partial charge in [0.15, 0.2) is 11.4 Å². The fourth-order valence-corrected chi connectivity index (χ4v) is 1.64. The second-order valence-corrected chi connectivity index (χ2v) is 3.46. The number of rotatable bonds is 3. The maximum Gasteiger partial charge on any atom is 0.320 e. The van der Waals surface area contributed by atoms with Gasteiger partial charge in [-0.3, -0.25) is 0 Å². The minimum absolute atomic E-state index is 0.202. The maximum absolute atomic E-state index is 5.32. The standard InChI is InChI=1S/C10H8N4O2S/c17-5-16-10-13-7(6-2-1-3-15-6)8-9(14-10)12-4-11-8/h1-4,17H,5H2,(H,11,12,13,14). The number of aromatic nitrogens is 4. The van der Waals surface area contributed by atoms with Gasteiger partial charge in [-0.25, -0.2) is 4.98 Å². The predicted molar refractivity (Wildman–Crippen MR) is 63.9 cm³/mol. The minimum Gasteiger partial charge on any atom is -0.463 e. The van der Waals surface area contributed by atoms with E-state index in [1.165, 1.54) is 0 Å². The first-order valence-electron chi connectivity index (χ1n) is 4.87. The molecule has 0 spiro atoms. The zero-order valence-corrected chi connectivity index (χ0v) is 9.52. The summed E-state index contributed by atoms with van der Waals surface area (Å²) in [4.78, 5) is 15.4. The molecular weight excluding hydrogens is 240 g/mol. The number of imidazole rings is 1. The SMILES string of the molecule is SCOc1nc(-c2ccco2)c2[nH]cnc2n1. The smallest absolute Gasteiger partial charge is 0.320 e. The van der Waals surface area contributed by atoms with Crippen LogP contribution in [0.1, 0.15) is 0 Å². The normalized spacial score (nSPS) is 10.9. The molecule has 86 valence electrons. The predicted octanol–water partition coefficient (Wildman–Crippen LogP) is 1.88. The van der Waals surface area contributed by atoms with Crippen LogP contribution in [-0.2, 0) is 0 Å². The number of nitrogens with zero attached hydrogens (tertiary/aromatic N) is 3. The Morgan fingerprint density at radius 1 is 1.41 bits per heavy atom. The largest absolute Gasteiger partial charge is 0.463 e. The van der Waals surface area contributed by atoms with E-state index in [-0.39, 0.29) is 11.9 Å². The summed E-state index contributed by atoms with van der Waals surface area (Å²) in [6.45, 7) is 0. The fourth-order valence-electron chi connectivity index (χ4n) is 1.53. The van der Waals surface area contributed by atoms with Crippen molar-refractivity contribution in [3.63, 3.8) is 0 Å². The van der Waals surface area contributed by atoms with Crippen molar-refractivity contribution in [2.45, 2.75) is 0 Å². The summed E-state index contributed by atoms with van der Waals surface area (Å²) in [6.07, 6.45) is 3.13. The minimum atomic E-state index is 0.202. The lowest BCUT2D eigenvalue weighted by Crippen LogP contribution is -1.98. The van der Waals surface area contributed by atoms with E-state index in [1.54, 1.807) is 18.7 Å². The maximum atomic E-state index is 5.32. The molecule has 0 aromatic carbocycles. The second kappa shape index (κ2) is 4.10. The lowest BCUT2D eigenvalue weighted by Gasteiger charge is -2.02. The Hall–Kier alpha value is -2.02. The van der Waals surface area contributed by atoms with Crippen LogP contribution < -0.4 is 4.74 Å². The summed E-state index contributed by atoms with van der Waals surface area (Å²) < 4.78 is 10.5. The fraction of sp³-hybridized carbons (Fsp3) is 0.100. The molecule has 3 aromatic rings. The molecule has 3 rings (SSSR count). The zero-order chi connectivity index (χ0) is 11.7. The molecule has 0 saturated carbocycles. The molecule has 17 heavy (non-hydrogen) atoms. The van der Waals surface area contributed by atoms with E-state index in [4.69, 9.17) is 9.15 Å². The molecule has 3 heterocycles. The number of nitrogens with one attached hydrogen (secondary N) is 1. The molecule has 7 heteroatoms. The quantitative estimate of drug-likeness (QED) is 0.546. The average molecular weight is 248 g/mol. The highest BCUT2D eigenvalue weighted by Gasteiger charge is 2.14. The zero-order valence-electron chi connectivity index (χ0n) is 8.62. The number of fused-ring (bicyclic) bond motifs is 1. The Morgan fingerprint density at radius 3 is 3.12 bits per heavy atom. The highest BCUT2D eigenvalue weighted by molar-refractivity contribution is 7.80. The Labute approximate surface area is 101 Å². The first-order valence-corrected chi connectivity index (χ1v) is 5.50. The summed E-state index contributed by atoms with van der Waals surface area (Å²) in [5.74, 6) is 0.832. The number of aromatic amines is 1. The van der Waals surface area contributed by atoms with Gasteiger partial charge in [-0.15, -0.1) is 12.6 Å². The number of H-pyrrole nitrogens is 1. The van der Waals surface area contributed by atoms with Gasteiger partial charge in [-0.1, -0.05) is 0 Å². The van der Waals surface area contributed by atoms with E-state index >= 15 is 0 Å². The third kappa shape index (κ3) is 1.74. The van der Waals surface area contributed by atoms with Crippen LogP contribution in [0.15, 0.2) is 29.1 Å². The Bertz CT molecular complexity index is 635. The van der Waals surface area contributed by atoms with Crippen LogP contribution in [-0.4, -0.2) is 25.9 Å². The molecule has 1 N–H and O–H groups in total. The first kappa shape index (κ1) is 10.2. The van der Waals surface area contributed by atoms with Gasteiger partial charge in [0, 0.05) is 0 Å². The molecule has 0 aliphatic rings. The van der Waals surface area contributed by atoms with Crippen molar-refractivity contribution in [2.24, 2.45) is 0 Å². The van der Waals surface area contributed by atoms with E-state index in [0.717, 1.165) is 0 Å². The molecule has 0 aliphatic carbocycles. The van der Waals surface area contributed by atoms with E-state index in [2.05, 4.69) is 32.6 Å². The highest BCUT2D eigenvalue weighted by Crippen LogP contribution is 2.25. The molecule has 0 unspecified atom stereocenters. The van der Waals surface area contributed by atoms with Crippen molar-refractivity contribution in [1.29, 1.82) is 0 Å². The molecule has 0 amide bonds. The summed E-state index contributed by atoms with van der Waals surface area (Å²) >= 11 is 3.97. The van der Waals surface area contributed by atoms with Gasteiger partial charge in [0.05, 0.1) is 12.6 Å². The number of furan rings is 1. The van der Waals surface area contributed by atoms with Crippen molar-refractivity contribution >= 4 is 23.8 Å². The van der Waals surface area contributed by atoms with Gasteiger partial charge in [0.25, 0.3) is 0 Å². The summed E-state index contributed by atoms with van der Waals surface area (Å²) in [5, 5.41) is 0. The summed E-state index contributed by atoms with van der Waals surface area (Å²) in [6, 6.07) is 3.83. The van der Waals surface area contributed by atoms with Crippen LogP contribution >= 0.6 is 12.6 Å². The molecule has 0 saturated heterocycles. The van der Waals surface area contributed by atoms with Crippen molar-refractivity contribution in [3.8, 4) is 17.5 Å². The molecule has 0 aliphatic heterocycles. The van der Waals surface area contributed by atoms with Gasteiger partial charge in [-0.05, 0) is 12.1 Å². The number of hydrogen-bond acceptors (Lipinski definition) is 6. The van der Waals surface area contributed by atoms with Crippen LogP contribution in [0, 0.1) is 0 Å². The number of hydrogen-bond donors (Lipinski definition) is 2. The van der Waals surface area contributed by atoms with E-state index < -0.39 is 0 Å². The molecule has 6 nitrogen and oxygen atoms in total. The second-order valence-electron chi connectivity index (χ2n) is 3.21. The third-order valence-corrected chi connectivity index (χ3v) is 2.34. The molecular formula is C10H8N4O2S. The lowest BCUT2D eigenvalue weighted by molar-refractivity contribution is 0.363. The lowest BCUT2D eigenvalue weighted by atomic mass is 10.3. The van der Waals surface area contributed by atoms with Crippen LogP contribution in [0.3, 0.4) is 0 Å². The molecule has 0 fully saturated rings. The topological polar surface area (TPSA) is 76.8 Å². The highest BCUT2D eigenvalue weighted by atomic mass is 32.1. The molecule has 0 radical (unpaired) electrons. The Morgan fingerprint density at radius 2 is 2.35 bits per heavy atom. The molecule has 3 aromatic heterocycles. The van der Waals surface area contributed by atoms with E-state index in [1.807, 2.05) is 6.07 Å². The first-order chi connectivity index (χ1) is 8.38. The van der Waals surface area contributed by atoms with Crippen molar-refractivity contribution in [3.05, 3.63) is 24.7 Å². The van der Waals surface area contributed by atoms with Gasteiger partial charge in [0.2, 0.25) is 0 Å². The number of ether oxygens (including phenoxy) is 1. The van der Waals surface area contributed by atoms with E-state index in [9.17, 15) is 0 Å². The molecule has 0 bridgehead atoms. The summed E-state index contributed by atoms with van der Waals surface area (Å²) in [7, 11) is 0. The van der Waals surface area contributed by atoms with Crippen LogP contribution in [0.5, 0.6) is 6.01 Å². The monoisotopic (exact) mass is 248 g/mol. The van der Waals surface area contributed by atoms with Gasteiger partial charge in [0.1, 0.15) is 17.1 Å². The van der Waals surface area contributed by atoms with E-state index in [0.29, 0.717) is 22.6 Å². The van der Waals surface area contributed by atoms with Gasteiger partial charge in [-0.2, -0.15) is 9.97 Å². The van der Waals surface area contributed by atoms with Crippen LogP contribution in [0.4, 0.5) is 0 Å². The van der Waals surface area contributed by atoms with Crippen molar-refractivity contribution < 1.29 is 9.15 Å². The molecule has 0 atom stereocenters. The Kier molecular flexibility index (Phi) is 2.45. The average Bonchev–Trinajstić information content (AvgIpc) is 2.99.